The molecule has 8 nitrogen and oxygen atoms in total. The average molecular weight is 336 g/mol. The molecule has 0 heterocycles. The molecular formula is C13H24N2O6S. The van der Waals surface area contributed by atoms with Gasteiger partial charge in [0.05, 0.1) is 0 Å². The van der Waals surface area contributed by atoms with E-state index in [2.05, 4.69) is 5.32 Å². The molecular weight excluding hydrogens is 312 g/mol. The van der Waals surface area contributed by atoms with E-state index in [4.69, 9.17) is 21.1 Å². The first-order chi connectivity index (χ1) is 10.1. The highest BCUT2D eigenvalue weighted by Crippen LogP contribution is 2.28. The fraction of sp³-hybridized carbons (Fsp3) is 0.769. The molecule has 0 aliphatic heterocycles. The summed E-state index contributed by atoms with van der Waals surface area (Å²) in [6, 6.07) is -2.22. The highest BCUT2D eigenvalue weighted by atomic mass is 32.2. The molecule has 22 heavy (non-hydrogen) atoms. The number of carbonyl (C=O) groups excluding carboxylic acids is 1. The Morgan fingerprint density at radius 3 is 2.27 bits per heavy atom. The summed E-state index contributed by atoms with van der Waals surface area (Å²) in [6.07, 6.45) is 0.296. The maximum absolute atomic E-state index is 11.7. The predicted octanol–water partition coefficient (Wildman–Crippen LogP) is -0.358. The summed E-state index contributed by atoms with van der Waals surface area (Å²) in [5, 5.41) is 29.0. The van der Waals surface area contributed by atoms with Crippen molar-refractivity contribution in [1.82, 2.24) is 5.32 Å². The van der Waals surface area contributed by atoms with E-state index >= 15 is 0 Å². The summed E-state index contributed by atoms with van der Waals surface area (Å²) in [5.74, 6) is -2.77. The molecule has 9 heteroatoms. The summed E-state index contributed by atoms with van der Waals surface area (Å²) in [6.45, 7) is 3.75. The SMILES string of the molecule is CC(C)(CCO)SC[C@H](NC(=O)CC[C@H](N)C(=O)O)C(=O)O. The molecule has 6 N–H and O–H groups in total. The third-order valence-corrected chi connectivity index (χ3v) is 4.47. The zero-order chi connectivity index (χ0) is 17.3. The molecule has 0 aromatic carbocycles. The Morgan fingerprint density at radius 1 is 1.23 bits per heavy atom. The standard InChI is InChI=1S/C13H24N2O6S/c1-13(2,5-6-16)22-7-9(12(20)21)15-10(17)4-3-8(14)11(18)19/h8-9,16H,3-7,14H2,1-2H3,(H,15,17)(H,18,19)(H,20,21)/t8-,9-/m0/s1. The van der Waals surface area contributed by atoms with Crippen molar-refractivity contribution < 1.29 is 29.7 Å². The van der Waals surface area contributed by atoms with E-state index in [0.717, 1.165) is 0 Å². The number of rotatable bonds is 11. The molecule has 0 rings (SSSR count). The van der Waals surface area contributed by atoms with Gasteiger partial charge in [-0.3, -0.25) is 9.59 Å². The third-order valence-electron chi connectivity index (χ3n) is 2.99. The number of carbonyl (C=O) groups is 3. The zero-order valence-corrected chi connectivity index (χ0v) is 13.6. The number of amides is 1. The molecule has 2 atom stereocenters. The van der Waals surface area contributed by atoms with E-state index in [0.29, 0.717) is 6.42 Å². The summed E-state index contributed by atoms with van der Waals surface area (Å²) >= 11 is 1.34. The summed E-state index contributed by atoms with van der Waals surface area (Å²) in [4.78, 5) is 33.4. The quantitative estimate of drug-likeness (QED) is 0.343. The second-order valence-corrected chi connectivity index (χ2v) is 7.21. The average Bonchev–Trinajstić information content (AvgIpc) is 2.40. The summed E-state index contributed by atoms with van der Waals surface area (Å²) in [7, 11) is 0. The second-order valence-electron chi connectivity index (χ2n) is 5.49. The predicted molar refractivity (Wildman–Crippen MR) is 82.7 cm³/mol. The van der Waals surface area contributed by atoms with Crippen molar-refractivity contribution >= 4 is 29.6 Å². The van der Waals surface area contributed by atoms with Crippen molar-refractivity contribution in [3.05, 3.63) is 0 Å². The lowest BCUT2D eigenvalue weighted by atomic mass is 10.1. The molecule has 0 aliphatic carbocycles. The molecule has 128 valence electrons. The minimum absolute atomic E-state index is 0.00280. The summed E-state index contributed by atoms with van der Waals surface area (Å²) < 4.78 is -0.307. The van der Waals surface area contributed by atoms with Gasteiger partial charge in [0.15, 0.2) is 0 Å². The van der Waals surface area contributed by atoms with Gasteiger partial charge < -0.3 is 26.4 Å². The van der Waals surface area contributed by atoms with Crippen LogP contribution < -0.4 is 11.1 Å². The van der Waals surface area contributed by atoms with Crippen molar-refractivity contribution in [1.29, 1.82) is 0 Å². The fourth-order valence-electron chi connectivity index (χ4n) is 1.50. The van der Waals surface area contributed by atoms with Crippen molar-refractivity contribution in [2.75, 3.05) is 12.4 Å². The Morgan fingerprint density at radius 2 is 1.82 bits per heavy atom. The first-order valence-electron chi connectivity index (χ1n) is 6.84. The fourth-order valence-corrected chi connectivity index (χ4v) is 2.58. The molecule has 1 amide bonds. The minimum Gasteiger partial charge on any atom is -0.480 e. The topological polar surface area (TPSA) is 150 Å². The van der Waals surface area contributed by atoms with E-state index in [9.17, 15) is 14.4 Å². The van der Waals surface area contributed by atoms with Crippen LogP contribution >= 0.6 is 11.8 Å². The zero-order valence-electron chi connectivity index (χ0n) is 12.7. The van der Waals surface area contributed by atoms with Crippen LogP contribution in [-0.4, -0.2) is 62.4 Å². The van der Waals surface area contributed by atoms with E-state index in [1.165, 1.54) is 11.8 Å². The van der Waals surface area contributed by atoms with Crippen molar-refractivity contribution in [2.24, 2.45) is 5.73 Å². The van der Waals surface area contributed by atoms with Crippen LogP contribution in [0.5, 0.6) is 0 Å². The van der Waals surface area contributed by atoms with Crippen molar-refractivity contribution in [3.8, 4) is 0 Å². The highest BCUT2D eigenvalue weighted by molar-refractivity contribution is 8.00. The Hall–Kier alpha value is -1.32. The Kier molecular flexibility index (Phi) is 9.07. The van der Waals surface area contributed by atoms with Gasteiger partial charge in [-0.2, -0.15) is 11.8 Å². The van der Waals surface area contributed by atoms with Gasteiger partial charge in [0, 0.05) is 23.5 Å². The molecule has 0 saturated heterocycles. The van der Waals surface area contributed by atoms with Gasteiger partial charge in [0.2, 0.25) is 5.91 Å². The van der Waals surface area contributed by atoms with Crippen LogP contribution in [0.15, 0.2) is 0 Å². The van der Waals surface area contributed by atoms with E-state index in [1.54, 1.807) is 0 Å². The molecule has 0 unspecified atom stereocenters. The maximum Gasteiger partial charge on any atom is 0.327 e. The van der Waals surface area contributed by atoms with Gasteiger partial charge in [-0.1, -0.05) is 13.8 Å². The third kappa shape index (κ3) is 8.85. The van der Waals surface area contributed by atoms with Crippen molar-refractivity contribution in [3.63, 3.8) is 0 Å². The van der Waals surface area contributed by atoms with E-state index in [1.807, 2.05) is 13.8 Å². The molecule has 0 spiro atoms. The van der Waals surface area contributed by atoms with Crippen LogP contribution in [0.2, 0.25) is 0 Å². The van der Waals surface area contributed by atoms with E-state index in [-0.39, 0.29) is 29.9 Å². The lowest BCUT2D eigenvalue weighted by Gasteiger charge is -2.25. The molecule has 0 aliphatic rings. The Balaban J connectivity index is 4.38. The molecule has 0 aromatic heterocycles. The number of hydrogen-bond acceptors (Lipinski definition) is 6. The van der Waals surface area contributed by atoms with Crippen LogP contribution in [-0.2, 0) is 14.4 Å². The number of nitrogens with one attached hydrogen (secondary N) is 1. The minimum atomic E-state index is -1.20. The van der Waals surface area contributed by atoms with Crippen LogP contribution in [0.4, 0.5) is 0 Å². The normalized spacial score (nSPS) is 14.2. The molecule has 0 aromatic rings. The van der Waals surface area contributed by atoms with Gasteiger partial charge in [-0.25, -0.2) is 4.79 Å². The molecule has 0 saturated carbocycles. The van der Waals surface area contributed by atoms with Gasteiger partial charge >= 0.3 is 11.9 Å². The van der Waals surface area contributed by atoms with Crippen LogP contribution in [0.1, 0.15) is 33.1 Å². The summed E-state index contributed by atoms with van der Waals surface area (Å²) in [5.41, 5.74) is 5.28. The maximum atomic E-state index is 11.7. The molecule has 0 radical (unpaired) electrons. The number of thioether (sulfide) groups is 1. The van der Waals surface area contributed by atoms with Crippen LogP contribution in [0.3, 0.4) is 0 Å². The highest BCUT2D eigenvalue weighted by Gasteiger charge is 2.25. The largest absolute Gasteiger partial charge is 0.480 e. The number of carboxylic acids is 2. The number of carboxylic acid groups (broad SMARTS) is 2. The lowest BCUT2D eigenvalue weighted by Crippen LogP contribution is -2.44. The number of nitrogens with two attached hydrogens (primary N) is 1. The smallest absolute Gasteiger partial charge is 0.327 e. The van der Waals surface area contributed by atoms with Gasteiger partial charge in [-0.05, 0) is 12.8 Å². The van der Waals surface area contributed by atoms with Crippen molar-refractivity contribution in [2.45, 2.75) is 49.9 Å². The first-order valence-corrected chi connectivity index (χ1v) is 7.83. The van der Waals surface area contributed by atoms with Gasteiger partial charge in [0.1, 0.15) is 12.1 Å². The monoisotopic (exact) mass is 336 g/mol. The van der Waals surface area contributed by atoms with Gasteiger partial charge in [-0.15, -0.1) is 0 Å². The van der Waals surface area contributed by atoms with Crippen LogP contribution in [0.25, 0.3) is 0 Å². The Labute approximate surface area is 133 Å². The number of aliphatic hydroxyl groups excluding tert-OH is 1. The second kappa shape index (κ2) is 9.65. The number of hydrogen-bond donors (Lipinski definition) is 5. The molecule has 0 fully saturated rings. The van der Waals surface area contributed by atoms with E-state index < -0.39 is 29.9 Å². The Bertz CT molecular complexity index is 402. The van der Waals surface area contributed by atoms with Gasteiger partial charge in [0.25, 0.3) is 0 Å². The first kappa shape index (κ1) is 20.7. The number of aliphatic carboxylic acids is 2. The number of aliphatic hydroxyl groups is 1. The van der Waals surface area contributed by atoms with Crippen LogP contribution in [0, 0.1) is 0 Å². The molecule has 0 bridgehead atoms. The lowest BCUT2D eigenvalue weighted by molar-refractivity contribution is -0.141.